The van der Waals surface area contributed by atoms with E-state index < -0.39 is 6.04 Å². The van der Waals surface area contributed by atoms with Gasteiger partial charge in [-0.2, -0.15) is 0 Å². The minimum Gasteiger partial charge on any atom is -0.490 e. The molecule has 0 bridgehead atoms. The van der Waals surface area contributed by atoms with E-state index in [2.05, 4.69) is 24.0 Å². The highest BCUT2D eigenvalue weighted by Gasteiger charge is 2.53. The Bertz CT molecular complexity index is 1130. The molecule has 186 valence electrons. The maximum absolute atomic E-state index is 13.8. The molecule has 1 amide bonds. The molecule has 9 heteroatoms. The number of hydrogen-bond donors (Lipinski definition) is 0. The van der Waals surface area contributed by atoms with Crippen LogP contribution in [0.1, 0.15) is 64.5 Å². The van der Waals surface area contributed by atoms with Gasteiger partial charge in [-0.15, -0.1) is 10.2 Å². The van der Waals surface area contributed by atoms with Crippen LogP contribution in [0.3, 0.4) is 0 Å². The van der Waals surface area contributed by atoms with Crippen LogP contribution in [0.25, 0.3) is 0 Å². The van der Waals surface area contributed by atoms with Crippen LogP contribution in [0, 0.1) is 11.8 Å². The lowest BCUT2D eigenvalue weighted by Gasteiger charge is -2.35. The van der Waals surface area contributed by atoms with Gasteiger partial charge >= 0.3 is 0 Å². The van der Waals surface area contributed by atoms with E-state index in [9.17, 15) is 9.59 Å². The average molecular weight is 498 g/mol. The third-order valence-electron chi connectivity index (χ3n) is 6.85. The van der Waals surface area contributed by atoms with Crippen LogP contribution in [0.5, 0.6) is 11.5 Å². The molecule has 8 nitrogen and oxygen atoms in total. The van der Waals surface area contributed by atoms with E-state index in [1.54, 1.807) is 10.4 Å². The Balaban J connectivity index is 1.56. The summed E-state index contributed by atoms with van der Waals surface area (Å²) < 4.78 is 18.1. The molecule has 35 heavy (non-hydrogen) atoms. The number of ether oxygens (including phenoxy) is 3. The van der Waals surface area contributed by atoms with Gasteiger partial charge in [0.25, 0.3) is 5.91 Å². The van der Waals surface area contributed by atoms with Gasteiger partial charge in [0.1, 0.15) is 11.6 Å². The van der Waals surface area contributed by atoms with Gasteiger partial charge in [0.05, 0.1) is 30.7 Å². The molecule has 5 rings (SSSR count). The SMILES string of the molecule is CCOc1cc(C2C3=C(OC4CCCCC4C3=O)C(=O)N2c2nncs2)ccc1OCCC(C)C. The van der Waals surface area contributed by atoms with Gasteiger partial charge in [0.2, 0.25) is 5.13 Å². The van der Waals surface area contributed by atoms with Crippen molar-refractivity contribution in [2.45, 2.75) is 65.0 Å². The summed E-state index contributed by atoms with van der Waals surface area (Å²) in [5.74, 6) is 1.39. The summed E-state index contributed by atoms with van der Waals surface area (Å²) in [6.07, 6.45) is 4.28. The predicted octanol–water partition coefficient (Wildman–Crippen LogP) is 4.86. The predicted molar refractivity (Wildman–Crippen MR) is 132 cm³/mol. The van der Waals surface area contributed by atoms with Crippen LogP contribution >= 0.6 is 11.3 Å². The minimum atomic E-state index is -0.648. The zero-order valence-electron chi connectivity index (χ0n) is 20.4. The van der Waals surface area contributed by atoms with Crippen molar-refractivity contribution in [3.8, 4) is 11.5 Å². The number of aromatic nitrogens is 2. The van der Waals surface area contributed by atoms with Gasteiger partial charge in [-0.1, -0.05) is 37.7 Å². The first-order valence-corrected chi connectivity index (χ1v) is 13.3. The van der Waals surface area contributed by atoms with Crippen LogP contribution in [0.4, 0.5) is 5.13 Å². The second-order valence-electron chi connectivity index (χ2n) is 9.62. The number of nitrogens with zero attached hydrogens (tertiary/aromatic N) is 3. The zero-order chi connectivity index (χ0) is 24.5. The second-order valence-corrected chi connectivity index (χ2v) is 10.4. The molecular weight excluding hydrogens is 466 g/mol. The third kappa shape index (κ3) is 4.42. The molecule has 3 unspecified atom stereocenters. The van der Waals surface area contributed by atoms with Crippen LogP contribution in [-0.2, 0) is 14.3 Å². The van der Waals surface area contributed by atoms with E-state index in [4.69, 9.17) is 14.2 Å². The Kier molecular flexibility index (Phi) is 6.77. The van der Waals surface area contributed by atoms with Crippen LogP contribution in [0.2, 0.25) is 0 Å². The second kappa shape index (κ2) is 9.97. The number of fused-ring (bicyclic) bond motifs is 1. The number of anilines is 1. The standard InChI is InChI=1S/C26H31N3O5S/c1-4-32-20-13-16(9-10-19(20)33-12-11-15(2)3)22-21-23(30)17-7-5-6-8-18(17)34-24(21)25(31)29(22)26-28-27-14-35-26/h9-10,13-15,17-18,22H,4-8,11-12H2,1-3H3. The summed E-state index contributed by atoms with van der Waals surface area (Å²) >= 11 is 1.26. The highest BCUT2D eigenvalue weighted by molar-refractivity contribution is 7.13. The first-order chi connectivity index (χ1) is 17.0. The largest absolute Gasteiger partial charge is 0.490 e. The number of carbonyl (C=O) groups is 2. The molecule has 1 aromatic carbocycles. The molecule has 3 aliphatic rings. The molecule has 0 radical (unpaired) electrons. The van der Waals surface area contributed by atoms with E-state index in [0.29, 0.717) is 41.3 Å². The maximum atomic E-state index is 13.8. The number of hydrogen-bond acceptors (Lipinski definition) is 8. The van der Waals surface area contributed by atoms with Crippen molar-refractivity contribution in [1.82, 2.24) is 10.2 Å². The van der Waals surface area contributed by atoms with Crippen molar-refractivity contribution in [1.29, 1.82) is 0 Å². The Labute approximate surface area is 209 Å². The fourth-order valence-electron chi connectivity index (χ4n) is 5.12. The molecule has 0 saturated heterocycles. The summed E-state index contributed by atoms with van der Waals surface area (Å²) in [7, 11) is 0. The molecule has 3 atom stereocenters. The van der Waals surface area contributed by atoms with Crippen molar-refractivity contribution in [3.05, 3.63) is 40.6 Å². The zero-order valence-corrected chi connectivity index (χ0v) is 21.2. The monoisotopic (exact) mass is 497 g/mol. The normalized spacial score (nSPS) is 23.9. The molecule has 1 fully saturated rings. The van der Waals surface area contributed by atoms with E-state index >= 15 is 0 Å². The van der Waals surface area contributed by atoms with E-state index in [1.165, 1.54) is 11.3 Å². The van der Waals surface area contributed by atoms with Gasteiger partial charge in [-0.05, 0) is 56.2 Å². The molecule has 0 N–H and O–H groups in total. The lowest BCUT2D eigenvalue weighted by molar-refractivity contribution is -0.131. The molecule has 3 heterocycles. The summed E-state index contributed by atoms with van der Waals surface area (Å²) in [6.45, 7) is 7.27. The lowest BCUT2D eigenvalue weighted by atomic mass is 9.77. The topological polar surface area (TPSA) is 90.9 Å². The number of Topliss-reactive ketones (excluding diaryl/α,β-unsaturated/α-hetero) is 1. The van der Waals surface area contributed by atoms with Crippen molar-refractivity contribution in [2.75, 3.05) is 18.1 Å². The smallest absolute Gasteiger partial charge is 0.296 e. The Morgan fingerprint density at radius 3 is 2.74 bits per heavy atom. The van der Waals surface area contributed by atoms with E-state index in [1.807, 2.05) is 25.1 Å². The Morgan fingerprint density at radius 1 is 1.17 bits per heavy atom. The third-order valence-corrected chi connectivity index (χ3v) is 7.54. The quantitative estimate of drug-likeness (QED) is 0.514. The average Bonchev–Trinajstić information content (AvgIpc) is 3.47. The van der Waals surface area contributed by atoms with Gasteiger partial charge in [-0.3, -0.25) is 14.5 Å². The first-order valence-electron chi connectivity index (χ1n) is 12.4. The number of amides is 1. The maximum Gasteiger partial charge on any atom is 0.296 e. The molecule has 0 spiro atoms. The van der Waals surface area contributed by atoms with E-state index in [-0.39, 0.29) is 29.5 Å². The molecule has 1 aromatic heterocycles. The van der Waals surface area contributed by atoms with Crippen molar-refractivity contribution >= 4 is 28.2 Å². The summed E-state index contributed by atoms with van der Waals surface area (Å²) in [6, 6.07) is 4.98. The molecule has 1 aliphatic carbocycles. The lowest BCUT2D eigenvalue weighted by Crippen LogP contribution is -2.39. The minimum absolute atomic E-state index is 0.0107. The highest BCUT2D eigenvalue weighted by atomic mass is 32.1. The fourth-order valence-corrected chi connectivity index (χ4v) is 5.70. The molecule has 2 aliphatic heterocycles. The molecule has 1 saturated carbocycles. The Morgan fingerprint density at radius 2 is 2.00 bits per heavy atom. The van der Waals surface area contributed by atoms with Crippen molar-refractivity contribution in [3.63, 3.8) is 0 Å². The van der Waals surface area contributed by atoms with Gasteiger partial charge in [-0.25, -0.2) is 0 Å². The summed E-state index contributed by atoms with van der Waals surface area (Å²) in [5, 5.41) is 8.52. The van der Waals surface area contributed by atoms with Crippen LogP contribution in [-0.4, -0.2) is 41.2 Å². The van der Waals surface area contributed by atoms with Gasteiger partial charge in [0.15, 0.2) is 23.0 Å². The molecule has 2 aromatic rings. The fraction of sp³-hybridized carbons (Fsp3) is 0.538. The molecular formula is C26H31N3O5S. The number of rotatable bonds is 8. The van der Waals surface area contributed by atoms with Gasteiger partial charge < -0.3 is 14.2 Å². The van der Waals surface area contributed by atoms with Crippen molar-refractivity contribution < 1.29 is 23.8 Å². The van der Waals surface area contributed by atoms with Crippen molar-refractivity contribution in [2.24, 2.45) is 11.8 Å². The van der Waals surface area contributed by atoms with E-state index in [0.717, 1.165) is 37.7 Å². The highest BCUT2D eigenvalue weighted by Crippen LogP contribution is 2.49. The van der Waals surface area contributed by atoms with Crippen LogP contribution < -0.4 is 14.4 Å². The summed E-state index contributed by atoms with van der Waals surface area (Å²) in [4.78, 5) is 28.9. The first kappa shape index (κ1) is 23.8. The van der Waals surface area contributed by atoms with Gasteiger partial charge in [0, 0.05) is 0 Å². The van der Waals surface area contributed by atoms with Crippen LogP contribution in [0.15, 0.2) is 35.0 Å². The number of carbonyl (C=O) groups excluding carboxylic acids is 2. The summed E-state index contributed by atoms with van der Waals surface area (Å²) in [5.41, 5.74) is 2.75. The number of ketones is 1. The number of benzene rings is 1. The Hall–Kier alpha value is -2.94.